The Hall–Kier alpha value is -2.67. The smallest absolute Gasteiger partial charge is 0.220 e. The maximum atomic E-state index is 11.7. The molecule has 4 N–H and O–H groups in total. The number of pyridine rings is 1. The molecule has 1 radical (unpaired) electrons. The number of nitrogens with two attached hydrogens (primary N) is 1. The van der Waals surface area contributed by atoms with E-state index in [1.54, 1.807) is 17.5 Å². The van der Waals surface area contributed by atoms with Crippen molar-refractivity contribution in [1.29, 1.82) is 0 Å². The maximum Gasteiger partial charge on any atom is 0.220 e. The predicted octanol–water partition coefficient (Wildman–Crippen LogP) is 2.23. The first kappa shape index (κ1) is 16.2. The molecule has 0 saturated heterocycles. The van der Waals surface area contributed by atoms with Crippen LogP contribution in [0.3, 0.4) is 0 Å². The zero-order valence-corrected chi connectivity index (χ0v) is 13.7. The molecule has 0 aliphatic carbocycles. The SMILES string of the molecule is NC(=O)CCNC(=O)C[CH]c1ccc(-c2c[nH]c3ncccc23)s1. The molecular formula is C17H17N4O2S. The lowest BCUT2D eigenvalue weighted by Gasteiger charge is -2.02. The summed E-state index contributed by atoms with van der Waals surface area (Å²) in [5, 5.41) is 3.74. The van der Waals surface area contributed by atoms with E-state index in [1.165, 1.54) is 0 Å². The van der Waals surface area contributed by atoms with Crippen molar-refractivity contribution in [3.05, 3.63) is 48.0 Å². The van der Waals surface area contributed by atoms with E-state index in [2.05, 4.69) is 15.3 Å². The monoisotopic (exact) mass is 341 g/mol. The Morgan fingerprint density at radius 2 is 2.21 bits per heavy atom. The lowest BCUT2D eigenvalue weighted by atomic mass is 10.2. The van der Waals surface area contributed by atoms with Gasteiger partial charge in [0.1, 0.15) is 5.65 Å². The van der Waals surface area contributed by atoms with Crippen LogP contribution in [0, 0.1) is 6.42 Å². The largest absolute Gasteiger partial charge is 0.370 e. The molecule has 0 atom stereocenters. The molecule has 0 fully saturated rings. The minimum atomic E-state index is -0.421. The normalized spacial score (nSPS) is 10.8. The summed E-state index contributed by atoms with van der Waals surface area (Å²) in [4.78, 5) is 31.9. The van der Waals surface area contributed by atoms with Crippen molar-refractivity contribution in [2.75, 3.05) is 6.54 Å². The Bertz CT molecular complexity index is 868. The molecule has 0 saturated carbocycles. The van der Waals surface area contributed by atoms with Crippen LogP contribution in [-0.4, -0.2) is 28.3 Å². The van der Waals surface area contributed by atoms with Gasteiger partial charge in [0.15, 0.2) is 0 Å². The van der Waals surface area contributed by atoms with Gasteiger partial charge in [-0.3, -0.25) is 9.59 Å². The number of nitrogens with zero attached hydrogens (tertiary/aromatic N) is 1. The van der Waals surface area contributed by atoms with E-state index in [0.29, 0.717) is 0 Å². The van der Waals surface area contributed by atoms with Crippen molar-refractivity contribution in [1.82, 2.24) is 15.3 Å². The van der Waals surface area contributed by atoms with Gasteiger partial charge < -0.3 is 16.0 Å². The second-order valence-corrected chi connectivity index (χ2v) is 6.39. The van der Waals surface area contributed by atoms with Gasteiger partial charge in [0.05, 0.1) is 0 Å². The topological polar surface area (TPSA) is 101 Å². The predicted molar refractivity (Wildman–Crippen MR) is 94.2 cm³/mol. The molecule has 3 rings (SSSR count). The van der Waals surface area contributed by atoms with Crippen molar-refractivity contribution < 1.29 is 9.59 Å². The summed E-state index contributed by atoms with van der Waals surface area (Å²) in [6.07, 6.45) is 6.01. The van der Waals surface area contributed by atoms with E-state index in [9.17, 15) is 9.59 Å². The number of primary amides is 1. The van der Waals surface area contributed by atoms with Gasteiger partial charge in [-0.1, -0.05) is 0 Å². The summed E-state index contributed by atoms with van der Waals surface area (Å²) in [5.41, 5.74) is 7.00. The van der Waals surface area contributed by atoms with Crippen LogP contribution in [0.5, 0.6) is 0 Å². The minimum absolute atomic E-state index is 0.123. The zero-order chi connectivity index (χ0) is 16.9. The highest BCUT2D eigenvalue weighted by molar-refractivity contribution is 7.15. The maximum absolute atomic E-state index is 11.7. The Kier molecular flexibility index (Phi) is 4.90. The number of aromatic nitrogens is 2. The standard InChI is InChI=1S/C17H17N4O2S/c18-15(22)7-9-19-16(23)6-4-11-3-5-14(24-11)13-10-21-17-12(13)2-1-8-20-17/h1-5,8,10H,6-7,9H2,(H2,18,22)(H,19,23)(H,20,21). The summed E-state index contributed by atoms with van der Waals surface area (Å²) in [6.45, 7) is 0.278. The first-order valence-electron chi connectivity index (χ1n) is 7.54. The van der Waals surface area contributed by atoms with Gasteiger partial charge >= 0.3 is 0 Å². The quantitative estimate of drug-likeness (QED) is 0.614. The van der Waals surface area contributed by atoms with Crippen LogP contribution in [0.15, 0.2) is 36.7 Å². The lowest BCUT2D eigenvalue weighted by molar-refractivity contribution is -0.120. The number of H-pyrrole nitrogens is 1. The van der Waals surface area contributed by atoms with Crippen molar-refractivity contribution >= 4 is 34.2 Å². The van der Waals surface area contributed by atoms with Crippen molar-refractivity contribution in [3.8, 4) is 10.4 Å². The van der Waals surface area contributed by atoms with Crippen LogP contribution in [0.2, 0.25) is 0 Å². The number of aromatic amines is 1. The van der Waals surface area contributed by atoms with Gasteiger partial charge in [-0.2, -0.15) is 0 Å². The van der Waals surface area contributed by atoms with Gasteiger partial charge in [0.2, 0.25) is 11.8 Å². The summed E-state index contributed by atoms with van der Waals surface area (Å²) in [5.74, 6) is -0.544. The molecule has 123 valence electrons. The van der Waals surface area contributed by atoms with E-state index in [1.807, 2.05) is 36.9 Å². The fourth-order valence-corrected chi connectivity index (χ4v) is 3.33. The third-order valence-electron chi connectivity index (χ3n) is 3.53. The number of carbonyl (C=O) groups excluding carboxylic acids is 2. The number of hydrogen-bond donors (Lipinski definition) is 3. The van der Waals surface area contributed by atoms with Crippen molar-refractivity contribution in [3.63, 3.8) is 0 Å². The Morgan fingerprint density at radius 1 is 1.33 bits per heavy atom. The van der Waals surface area contributed by atoms with Gasteiger partial charge in [-0.25, -0.2) is 4.98 Å². The third-order valence-corrected chi connectivity index (χ3v) is 4.64. The van der Waals surface area contributed by atoms with Crippen LogP contribution in [0.25, 0.3) is 21.5 Å². The Morgan fingerprint density at radius 3 is 3.04 bits per heavy atom. The molecule has 7 heteroatoms. The summed E-state index contributed by atoms with van der Waals surface area (Å²) >= 11 is 1.62. The fraction of sp³-hybridized carbons (Fsp3) is 0.176. The number of rotatable bonds is 7. The molecule has 0 spiro atoms. The number of nitrogens with one attached hydrogen (secondary N) is 2. The first-order chi connectivity index (χ1) is 11.6. The molecule has 3 aromatic rings. The average Bonchev–Trinajstić information content (AvgIpc) is 3.19. The molecule has 24 heavy (non-hydrogen) atoms. The Labute approximate surface area is 143 Å². The second-order valence-electron chi connectivity index (χ2n) is 5.28. The number of amides is 2. The third kappa shape index (κ3) is 3.80. The molecule has 0 unspecified atom stereocenters. The zero-order valence-electron chi connectivity index (χ0n) is 12.9. The van der Waals surface area contributed by atoms with Crippen LogP contribution >= 0.6 is 11.3 Å². The van der Waals surface area contributed by atoms with Gasteiger partial charge in [-0.05, 0) is 24.3 Å². The highest BCUT2D eigenvalue weighted by Gasteiger charge is 2.10. The number of thiophene rings is 1. The highest BCUT2D eigenvalue weighted by Crippen LogP contribution is 2.33. The summed E-state index contributed by atoms with van der Waals surface area (Å²) in [6, 6.07) is 7.98. The molecule has 0 bridgehead atoms. The van der Waals surface area contributed by atoms with E-state index in [4.69, 9.17) is 5.73 Å². The van der Waals surface area contributed by atoms with E-state index < -0.39 is 5.91 Å². The first-order valence-corrected chi connectivity index (χ1v) is 8.35. The number of hydrogen-bond acceptors (Lipinski definition) is 4. The van der Waals surface area contributed by atoms with Crippen molar-refractivity contribution in [2.45, 2.75) is 12.8 Å². The fourth-order valence-electron chi connectivity index (χ4n) is 2.36. The highest BCUT2D eigenvalue weighted by atomic mass is 32.1. The van der Waals surface area contributed by atoms with E-state index in [-0.39, 0.29) is 25.3 Å². The molecule has 3 aromatic heterocycles. The van der Waals surface area contributed by atoms with Crippen LogP contribution in [-0.2, 0) is 9.59 Å². The second kappa shape index (κ2) is 7.27. The van der Waals surface area contributed by atoms with Crippen LogP contribution in [0.4, 0.5) is 0 Å². The molecular weight excluding hydrogens is 324 g/mol. The summed E-state index contributed by atoms with van der Waals surface area (Å²) < 4.78 is 0. The van der Waals surface area contributed by atoms with Crippen LogP contribution in [0.1, 0.15) is 17.7 Å². The van der Waals surface area contributed by atoms with Gasteiger partial charge in [0, 0.05) is 58.9 Å². The molecule has 3 heterocycles. The lowest BCUT2D eigenvalue weighted by Crippen LogP contribution is -2.27. The molecule has 2 amide bonds. The van der Waals surface area contributed by atoms with Crippen LogP contribution < -0.4 is 11.1 Å². The number of fused-ring (bicyclic) bond motifs is 1. The summed E-state index contributed by atoms with van der Waals surface area (Å²) in [7, 11) is 0. The Balaban J connectivity index is 1.60. The number of carbonyl (C=O) groups is 2. The van der Waals surface area contributed by atoms with E-state index in [0.717, 1.165) is 26.4 Å². The van der Waals surface area contributed by atoms with E-state index >= 15 is 0 Å². The average molecular weight is 341 g/mol. The molecule has 0 aliphatic rings. The van der Waals surface area contributed by atoms with Gasteiger partial charge in [0.25, 0.3) is 0 Å². The van der Waals surface area contributed by atoms with Crippen molar-refractivity contribution in [2.24, 2.45) is 5.73 Å². The molecule has 6 nitrogen and oxygen atoms in total. The molecule has 0 aromatic carbocycles. The van der Waals surface area contributed by atoms with Gasteiger partial charge in [-0.15, -0.1) is 11.3 Å². The minimum Gasteiger partial charge on any atom is -0.370 e. The molecule has 0 aliphatic heterocycles.